The van der Waals surface area contributed by atoms with E-state index in [4.69, 9.17) is 5.11 Å². The van der Waals surface area contributed by atoms with E-state index in [1.54, 1.807) is 0 Å². The van der Waals surface area contributed by atoms with Gasteiger partial charge in [0.25, 0.3) is 0 Å². The van der Waals surface area contributed by atoms with Gasteiger partial charge >= 0.3 is 5.97 Å². The zero-order valence-electron chi connectivity index (χ0n) is 15.1. The number of aliphatic hydroxyl groups excluding tert-OH is 1. The highest BCUT2D eigenvalue weighted by atomic mass is 16.4. The fourth-order valence-electron chi connectivity index (χ4n) is 2.75. The smallest absolute Gasteiger partial charge is 0.305 e. The normalized spacial score (nSPS) is 12.8. The maximum absolute atomic E-state index is 10.4. The average molecular weight is 327 g/mol. The van der Waals surface area contributed by atoms with Crippen LogP contribution in [0.5, 0.6) is 0 Å². The summed E-state index contributed by atoms with van der Waals surface area (Å²) in [6, 6.07) is 0. The average Bonchev–Trinajstić information content (AvgIpc) is 2.50. The van der Waals surface area contributed by atoms with Gasteiger partial charge in [0.05, 0.1) is 12.5 Å². The van der Waals surface area contributed by atoms with E-state index in [2.05, 4.69) is 19.1 Å². The number of aliphatic hydroxyl groups is 1. The third-order valence-electron chi connectivity index (χ3n) is 4.21. The summed E-state index contributed by atoms with van der Waals surface area (Å²) in [5.74, 6) is -0.912. The number of carboxylic acid groups (broad SMARTS) is 1. The molecular weight excluding hydrogens is 288 g/mol. The second kappa shape index (κ2) is 17.5. The van der Waals surface area contributed by atoms with Crippen LogP contribution in [0.3, 0.4) is 0 Å². The van der Waals surface area contributed by atoms with Crippen LogP contribution in [0, 0.1) is 0 Å². The second-order valence-corrected chi connectivity index (χ2v) is 6.62. The van der Waals surface area contributed by atoms with Crippen LogP contribution in [0.4, 0.5) is 0 Å². The van der Waals surface area contributed by atoms with Gasteiger partial charge in [-0.05, 0) is 32.1 Å². The van der Waals surface area contributed by atoms with Gasteiger partial charge in [-0.2, -0.15) is 0 Å². The first kappa shape index (κ1) is 22.2. The first-order chi connectivity index (χ1) is 11.2. The summed E-state index contributed by atoms with van der Waals surface area (Å²) in [5, 5.41) is 18.0. The molecule has 0 heterocycles. The van der Waals surface area contributed by atoms with Crippen LogP contribution in [0.2, 0.25) is 0 Å². The minimum absolute atomic E-state index is 0.122. The van der Waals surface area contributed by atoms with Crippen molar-refractivity contribution in [3.63, 3.8) is 0 Å². The summed E-state index contributed by atoms with van der Waals surface area (Å²) < 4.78 is 0. The molecule has 0 amide bonds. The minimum atomic E-state index is -0.912. The Balaban J connectivity index is 3.17. The third-order valence-corrected chi connectivity index (χ3v) is 4.21. The van der Waals surface area contributed by atoms with Crippen molar-refractivity contribution in [2.24, 2.45) is 0 Å². The van der Waals surface area contributed by atoms with Crippen molar-refractivity contribution in [1.29, 1.82) is 0 Å². The lowest BCUT2D eigenvalue weighted by atomic mass is 10.1. The molecule has 136 valence electrons. The molecule has 0 fully saturated rings. The van der Waals surface area contributed by atoms with Crippen LogP contribution in [0.25, 0.3) is 0 Å². The van der Waals surface area contributed by atoms with Gasteiger partial charge in [0.2, 0.25) is 0 Å². The van der Waals surface area contributed by atoms with Gasteiger partial charge < -0.3 is 10.2 Å². The number of rotatable bonds is 17. The van der Waals surface area contributed by atoms with Crippen LogP contribution in [0.1, 0.15) is 103 Å². The van der Waals surface area contributed by atoms with Gasteiger partial charge in [-0.25, -0.2) is 0 Å². The summed E-state index contributed by atoms with van der Waals surface area (Å²) >= 11 is 0. The molecule has 3 nitrogen and oxygen atoms in total. The molecule has 0 radical (unpaired) electrons. The third kappa shape index (κ3) is 19.1. The number of carbonyl (C=O) groups is 1. The number of unbranched alkanes of at least 4 members (excludes halogenated alkanes) is 11. The SMILES string of the molecule is CCCCCCCCC=CCCCCCCC[C@@H](O)CC(=O)O. The van der Waals surface area contributed by atoms with Crippen molar-refractivity contribution in [2.45, 2.75) is 109 Å². The highest BCUT2D eigenvalue weighted by Crippen LogP contribution is 2.11. The summed E-state index contributed by atoms with van der Waals surface area (Å²) in [5.41, 5.74) is 0. The Morgan fingerprint density at radius 3 is 1.83 bits per heavy atom. The van der Waals surface area contributed by atoms with Crippen LogP contribution in [-0.2, 0) is 4.79 Å². The fourth-order valence-corrected chi connectivity index (χ4v) is 2.75. The molecule has 0 aliphatic heterocycles. The highest BCUT2D eigenvalue weighted by molar-refractivity contribution is 5.67. The van der Waals surface area contributed by atoms with Crippen molar-refractivity contribution < 1.29 is 15.0 Å². The largest absolute Gasteiger partial charge is 0.481 e. The molecule has 1 atom stereocenters. The van der Waals surface area contributed by atoms with Gasteiger partial charge in [-0.3, -0.25) is 4.79 Å². The zero-order chi connectivity index (χ0) is 17.2. The van der Waals surface area contributed by atoms with Crippen molar-refractivity contribution >= 4 is 5.97 Å². The number of hydrogen-bond acceptors (Lipinski definition) is 2. The van der Waals surface area contributed by atoms with E-state index in [0.29, 0.717) is 6.42 Å². The lowest BCUT2D eigenvalue weighted by Gasteiger charge is -2.06. The summed E-state index contributed by atoms with van der Waals surface area (Å²) in [7, 11) is 0. The summed E-state index contributed by atoms with van der Waals surface area (Å²) in [6.07, 6.45) is 20.8. The maximum atomic E-state index is 10.4. The molecule has 0 aliphatic carbocycles. The second-order valence-electron chi connectivity index (χ2n) is 6.62. The lowest BCUT2D eigenvalue weighted by molar-refractivity contribution is -0.139. The van der Waals surface area contributed by atoms with Gasteiger partial charge in [0.1, 0.15) is 0 Å². The first-order valence-corrected chi connectivity index (χ1v) is 9.71. The first-order valence-electron chi connectivity index (χ1n) is 9.71. The Morgan fingerprint density at radius 1 is 0.826 bits per heavy atom. The van der Waals surface area contributed by atoms with Crippen LogP contribution < -0.4 is 0 Å². The van der Waals surface area contributed by atoms with Crippen LogP contribution in [-0.4, -0.2) is 22.3 Å². The van der Waals surface area contributed by atoms with Gasteiger partial charge in [-0.1, -0.05) is 76.9 Å². The maximum Gasteiger partial charge on any atom is 0.305 e. The number of hydrogen-bond donors (Lipinski definition) is 2. The Labute approximate surface area is 143 Å². The number of aliphatic carboxylic acids is 1. The molecule has 0 saturated carbocycles. The molecule has 0 aliphatic rings. The highest BCUT2D eigenvalue weighted by Gasteiger charge is 2.08. The molecule has 2 N–H and O–H groups in total. The van der Waals surface area contributed by atoms with E-state index in [1.165, 1.54) is 70.6 Å². The Morgan fingerprint density at radius 2 is 1.30 bits per heavy atom. The molecule has 0 aromatic heterocycles. The Kier molecular flexibility index (Phi) is 16.9. The van der Waals surface area contributed by atoms with E-state index in [-0.39, 0.29) is 6.42 Å². The molecule has 0 bridgehead atoms. The van der Waals surface area contributed by atoms with Crippen molar-refractivity contribution in [1.82, 2.24) is 0 Å². The van der Waals surface area contributed by atoms with Crippen molar-refractivity contribution in [3.05, 3.63) is 12.2 Å². The van der Waals surface area contributed by atoms with E-state index in [9.17, 15) is 9.90 Å². The quantitative estimate of drug-likeness (QED) is 0.260. The van der Waals surface area contributed by atoms with Crippen molar-refractivity contribution in [3.8, 4) is 0 Å². The summed E-state index contributed by atoms with van der Waals surface area (Å²) in [4.78, 5) is 10.4. The molecule has 0 aromatic carbocycles. The Bertz CT molecular complexity index is 287. The molecular formula is C20H38O3. The molecule has 3 heteroatoms. The Hall–Kier alpha value is -0.830. The van der Waals surface area contributed by atoms with Gasteiger partial charge in [0.15, 0.2) is 0 Å². The molecule has 0 rings (SSSR count). The minimum Gasteiger partial charge on any atom is -0.481 e. The zero-order valence-corrected chi connectivity index (χ0v) is 15.1. The molecule has 23 heavy (non-hydrogen) atoms. The van der Waals surface area contributed by atoms with Gasteiger partial charge in [0, 0.05) is 0 Å². The number of carboxylic acids is 1. The molecule has 0 aromatic rings. The molecule has 0 unspecified atom stereocenters. The van der Waals surface area contributed by atoms with E-state index < -0.39 is 12.1 Å². The molecule has 0 spiro atoms. The monoisotopic (exact) mass is 326 g/mol. The van der Waals surface area contributed by atoms with Crippen molar-refractivity contribution in [2.75, 3.05) is 0 Å². The predicted octanol–water partition coefficient (Wildman–Crippen LogP) is 5.86. The predicted molar refractivity (Wildman–Crippen MR) is 97.7 cm³/mol. The van der Waals surface area contributed by atoms with Crippen LogP contribution >= 0.6 is 0 Å². The summed E-state index contributed by atoms with van der Waals surface area (Å²) in [6.45, 7) is 2.26. The molecule has 0 saturated heterocycles. The standard InChI is InChI=1S/C20H38O3/c1-2-3-4-5-6-7-8-9-10-11-12-13-14-15-16-17-19(21)18-20(22)23/h9-10,19,21H,2-8,11-18H2,1H3,(H,22,23)/t19-/m1/s1. The fraction of sp³-hybridized carbons (Fsp3) is 0.850. The van der Waals surface area contributed by atoms with Crippen LogP contribution in [0.15, 0.2) is 12.2 Å². The van der Waals surface area contributed by atoms with Gasteiger partial charge in [-0.15, -0.1) is 0 Å². The number of allylic oxidation sites excluding steroid dienone is 2. The lowest BCUT2D eigenvalue weighted by Crippen LogP contribution is -2.12. The van der Waals surface area contributed by atoms with E-state index >= 15 is 0 Å². The van der Waals surface area contributed by atoms with E-state index in [0.717, 1.165) is 12.8 Å². The van der Waals surface area contributed by atoms with E-state index in [1.807, 2.05) is 0 Å². The topological polar surface area (TPSA) is 57.5 Å².